The highest BCUT2D eigenvalue weighted by atomic mass is 16.3. The zero-order chi connectivity index (χ0) is 23.6. The van der Waals surface area contributed by atoms with Gasteiger partial charge in [0.15, 0.2) is 0 Å². The van der Waals surface area contributed by atoms with Crippen LogP contribution in [0.25, 0.3) is 0 Å². The van der Waals surface area contributed by atoms with Crippen LogP contribution in [-0.2, 0) is 23.1 Å². The van der Waals surface area contributed by atoms with Crippen molar-refractivity contribution in [2.45, 2.75) is 67.5 Å². The number of imide groups is 1. The van der Waals surface area contributed by atoms with Crippen molar-refractivity contribution >= 4 is 11.9 Å². The van der Waals surface area contributed by atoms with Crippen molar-refractivity contribution in [3.63, 3.8) is 0 Å². The van der Waals surface area contributed by atoms with Gasteiger partial charge in [0.1, 0.15) is 11.3 Å². The van der Waals surface area contributed by atoms with E-state index in [1.165, 1.54) is 5.56 Å². The van der Waals surface area contributed by atoms with Crippen LogP contribution in [0.1, 0.15) is 48.8 Å². The molecule has 4 atom stereocenters. The van der Waals surface area contributed by atoms with E-state index in [9.17, 15) is 19.8 Å². The molecule has 0 unspecified atom stereocenters. The number of likely N-dealkylation sites (tertiary alicyclic amines) is 1. The summed E-state index contributed by atoms with van der Waals surface area (Å²) in [5.41, 5.74) is 0.624. The summed E-state index contributed by atoms with van der Waals surface area (Å²) in [5, 5.41) is 28.1. The van der Waals surface area contributed by atoms with Gasteiger partial charge in [-0.3, -0.25) is 15.0 Å². The molecule has 178 valence electrons. The second-order valence-electron chi connectivity index (χ2n) is 10.6. The zero-order valence-corrected chi connectivity index (χ0v) is 19.2. The van der Waals surface area contributed by atoms with Crippen LogP contribution in [0, 0.1) is 0 Å². The number of hydrogen-bond donors (Lipinski definition) is 4. The highest BCUT2D eigenvalue weighted by Gasteiger charge is 2.69. The second-order valence-corrected chi connectivity index (χ2v) is 10.6. The van der Waals surface area contributed by atoms with E-state index < -0.39 is 22.6 Å². The Hall–Kier alpha value is -2.90. The van der Waals surface area contributed by atoms with Gasteiger partial charge in [0.2, 0.25) is 0 Å². The highest BCUT2D eigenvalue weighted by Crippen LogP contribution is 2.60. The molecule has 4 aliphatic rings. The number of amides is 3. The van der Waals surface area contributed by atoms with Gasteiger partial charge >= 0.3 is 6.03 Å². The summed E-state index contributed by atoms with van der Waals surface area (Å²) in [6.07, 6.45) is 4.57. The molecule has 3 fully saturated rings. The number of hydrogen-bond acceptors (Lipinski definition) is 5. The van der Waals surface area contributed by atoms with E-state index >= 15 is 0 Å². The van der Waals surface area contributed by atoms with Gasteiger partial charge in [-0.1, -0.05) is 36.4 Å². The van der Waals surface area contributed by atoms with Crippen LogP contribution in [0.4, 0.5) is 4.79 Å². The number of urea groups is 1. The summed E-state index contributed by atoms with van der Waals surface area (Å²) in [6.45, 7) is 1.70. The summed E-state index contributed by atoms with van der Waals surface area (Å²) in [5.74, 6) is -0.137. The smallest absolute Gasteiger partial charge is 0.322 e. The van der Waals surface area contributed by atoms with E-state index in [1.807, 2.05) is 12.1 Å². The lowest BCUT2D eigenvalue weighted by Crippen LogP contribution is -2.76. The molecule has 1 saturated carbocycles. The number of phenols is 1. The van der Waals surface area contributed by atoms with Gasteiger partial charge in [0.25, 0.3) is 5.91 Å². The van der Waals surface area contributed by atoms with Gasteiger partial charge in [0.05, 0.1) is 5.60 Å². The number of aromatic hydroxyl groups is 1. The standard InChI is InChI=1S/C27H31N3O4/c31-20-9-8-19-15-22-27(34)11-10-26(23(32)28-24(33)29-26)17-25(27,21(19)16-20)12-14-30(22)13-4-7-18-5-2-1-3-6-18/h1-3,5-6,8-9,16,22,31,34H,4,7,10-15,17H2,(H2,28,29,32,33)/t22-,25-,26+,27-/m1/s1. The van der Waals surface area contributed by atoms with Crippen molar-refractivity contribution in [1.29, 1.82) is 0 Å². The van der Waals surface area contributed by atoms with Crippen LogP contribution in [0.3, 0.4) is 0 Å². The number of piperidine rings is 1. The second kappa shape index (κ2) is 7.55. The molecule has 2 aromatic carbocycles. The Morgan fingerprint density at radius 3 is 2.65 bits per heavy atom. The summed E-state index contributed by atoms with van der Waals surface area (Å²) in [6, 6.07) is 15.4. The molecule has 2 heterocycles. The first-order valence-corrected chi connectivity index (χ1v) is 12.3. The maximum absolute atomic E-state index is 12.9. The summed E-state index contributed by atoms with van der Waals surface area (Å²) < 4.78 is 0. The molecule has 1 spiro atoms. The number of phenolic OH excluding ortho intramolecular Hbond substituents is 1. The van der Waals surface area contributed by atoms with Crippen LogP contribution in [0.5, 0.6) is 5.75 Å². The first-order chi connectivity index (χ1) is 16.4. The van der Waals surface area contributed by atoms with Gasteiger partial charge in [-0.05, 0) is 86.9 Å². The van der Waals surface area contributed by atoms with Gasteiger partial charge in [-0.2, -0.15) is 0 Å². The predicted octanol–water partition coefficient (Wildman–Crippen LogP) is 2.39. The lowest BCUT2D eigenvalue weighted by molar-refractivity contribution is -0.180. The number of rotatable bonds is 4. The number of aryl methyl sites for hydroxylation is 1. The van der Waals surface area contributed by atoms with E-state index in [0.717, 1.165) is 37.1 Å². The van der Waals surface area contributed by atoms with Crippen LogP contribution < -0.4 is 10.6 Å². The van der Waals surface area contributed by atoms with Gasteiger partial charge < -0.3 is 15.5 Å². The molecule has 0 radical (unpaired) electrons. The highest BCUT2D eigenvalue weighted by molar-refractivity contribution is 6.07. The number of aliphatic hydroxyl groups is 1. The predicted molar refractivity (Wildman–Crippen MR) is 126 cm³/mol. The zero-order valence-electron chi connectivity index (χ0n) is 19.2. The first-order valence-electron chi connectivity index (χ1n) is 12.3. The third kappa shape index (κ3) is 3.03. The molecule has 2 aromatic rings. The van der Waals surface area contributed by atoms with Crippen LogP contribution >= 0.6 is 0 Å². The fourth-order valence-corrected chi connectivity index (χ4v) is 7.37. The first kappa shape index (κ1) is 21.6. The average molecular weight is 462 g/mol. The monoisotopic (exact) mass is 461 g/mol. The molecule has 2 aliphatic carbocycles. The Bertz CT molecular complexity index is 1150. The number of nitrogens with one attached hydrogen (secondary N) is 2. The number of nitrogens with zero attached hydrogens (tertiary/aromatic N) is 1. The Kier molecular flexibility index (Phi) is 4.80. The maximum atomic E-state index is 12.9. The SMILES string of the molecule is O=C1NC(=O)[C@@]2(CC[C@@]3(O)[C@H]4Cc5ccc(O)cc5[C@@]3(CCN4CCCc3ccccc3)C2)N1. The lowest BCUT2D eigenvalue weighted by atomic mass is 9.46. The van der Waals surface area contributed by atoms with E-state index in [1.54, 1.807) is 12.1 Å². The molecule has 2 bridgehead atoms. The van der Waals surface area contributed by atoms with Gasteiger partial charge in [0, 0.05) is 11.5 Å². The van der Waals surface area contributed by atoms with Crippen molar-refractivity contribution in [2.24, 2.45) is 0 Å². The fraction of sp³-hybridized carbons (Fsp3) is 0.481. The summed E-state index contributed by atoms with van der Waals surface area (Å²) >= 11 is 0. The molecule has 3 amide bonds. The Labute approximate surface area is 199 Å². The minimum atomic E-state index is -1.03. The number of fused-ring (bicyclic) bond motifs is 1. The van der Waals surface area contributed by atoms with E-state index in [0.29, 0.717) is 32.1 Å². The third-order valence-electron chi connectivity index (χ3n) is 8.97. The van der Waals surface area contributed by atoms with E-state index in [2.05, 4.69) is 39.8 Å². The molecule has 34 heavy (non-hydrogen) atoms. The normalized spacial score (nSPS) is 34.3. The van der Waals surface area contributed by atoms with E-state index in [4.69, 9.17) is 0 Å². The average Bonchev–Trinajstić information content (AvgIpc) is 3.09. The number of benzene rings is 2. The maximum Gasteiger partial charge on any atom is 0.322 e. The number of carbonyl (C=O) groups excluding carboxylic acids is 2. The van der Waals surface area contributed by atoms with Crippen molar-refractivity contribution in [3.8, 4) is 5.75 Å². The quantitative estimate of drug-likeness (QED) is 0.524. The van der Waals surface area contributed by atoms with Crippen molar-refractivity contribution in [3.05, 3.63) is 65.2 Å². The molecule has 6 rings (SSSR count). The lowest BCUT2D eigenvalue weighted by Gasteiger charge is -2.65. The molecular weight excluding hydrogens is 430 g/mol. The van der Waals surface area contributed by atoms with Gasteiger partial charge in [-0.15, -0.1) is 0 Å². The molecule has 2 saturated heterocycles. The Balaban J connectivity index is 1.35. The van der Waals surface area contributed by atoms with Gasteiger partial charge in [-0.25, -0.2) is 4.79 Å². The fourth-order valence-electron chi connectivity index (χ4n) is 7.37. The summed E-state index contributed by atoms with van der Waals surface area (Å²) in [7, 11) is 0. The van der Waals surface area contributed by atoms with Crippen LogP contribution in [0.2, 0.25) is 0 Å². The Morgan fingerprint density at radius 2 is 1.88 bits per heavy atom. The number of carbonyl (C=O) groups is 2. The molecule has 7 nitrogen and oxygen atoms in total. The van der Waals surface area contributed by atoms with Crippen molar-refractivity contribution in [1.82, 2.24) is 15.5 Å². The molecule has 0 aromatic heterocycles. The molecule has 4 N–H and O–H groups in total. The summed E-state index contributed by atoms with van der Waals surface area (Å²) in [4.78, 5) is 27.4. The van der Waals surface area contributed by atoms with Crippen molar-refractivity contribution < 1.29 is 19.8 Å². The topological polar surface area (TPSA) is 102 Å². The van der Waals surface area contributed by atoms with Crippen molar-refractivity contribution in [2.75, 3.05) is 13.1 Å². The minimum Gasteiger partial charge on any atom is -0.508 e. The largest absolute Gasteiger partial charge is 0.508 e. The van der Waals surface area contributed by atoms with Crippen LogP contribution in [-0.4, -0.2) is 57.3 Å². The Morgan fingerprint density at radius 1 is 1.06 bits per heavy atom. The minimum absolute atomic E-state index is 0.0633. The molecular formula is C27H31N3O4. The molecule has 7 heteroatoms. The van der Waals surface area contributed by atoms with E-state index in [-0.39, 0.29) is 17.7 Å². The van der Waals surface area contributed by atoms with Crippen LogP contribution in [0.15, 0.2) is 48.5 Å². The third-order valence-corrected chi connectivity index (χ3v) is 8.97. The molecule has 2 aliphatic heterocycles.